The molecule has 78 valence electrons. The van der Waals surface area contributed by atoms with Gasteiger partial charge in [-0.25, -0.2) is 14.2 Å². The number of alkyl halides is 1. The van der Waals surface area contributed by atoms with Crippen LogP contribution in [0.3, 0.4) is 0 Å². The Hall–Kier alpha value is -0.580. The third-order valence-corrected chi connectivity index (χ3v) is 2.09. The Bertz CT molecular complexity index is 302. The lowest BCUT2D eigenvalue weighted by molar-refractivity contribution is -0.137. The van der Waals surface area contributed by atoms with Gasteiger partial charge in [-0.15, -0.1) is 0 Å². The van der Waals surface area contributed by atoms with Gasteiger partial charge >= 0.3 is 5.97 Å². The molecule has 0 radical (unpaired) electrons. The summed E-state index contributed by atoms with van der Waals surface area (Å²) in [5, 5.41) is 8.32. The number of hydrogen-bond donors (Lipinski definition) is 1. The van der Waals surface area contributed by atoms with Crippen LogP contribution in [0, 0.1) is 0 Å². The maximum atomic E-state index is 10.5. The number of carboxylic acid groups (broad SMARTS) is 1. The summed E-state index contributed by atoms with van der Waals surface area (Å²) in [7, 11) is 0. The molecule has 0 atom stereocenters. The molecule has 1 aromatic rings. The normalized spacial score (nSPS) is 8.86. The fourth-order valence-electron chi connectivity index (χ4n) is 0.397. The first kappa shape index (κ1) is 13.4. The first-order chi connectivity index (χ1) is 6.49. The van der Waals surface area contributed by atoms with Gasteiger partial charge < -0.3 is 5.11 Å². The van der Waals surface area contributed by atoms with Crippen molar-refractivity contribution >= 4 is 40.8 Å². The number of pyridine rings is 1. The maximum Gasteiger partial charge on any atom is 0.335 e. The summed E-state index contributed by atoms with van der Waals surface area (Å²) < 4.78 is 10.5. The molecule has 0 saturated heterocycles. The Labute approximate surface area is 94.4 Å². The van der Waals surface area contributed by atoms with E-state index in [1.165, 1.54) is 6.20 Å². The van der Waals surface area contributed by atoms with Crippen LogP contribution in [0.2, 0.25) is 15.2 Å². The minimum Gasteiger partial charge on any atom is -0.479 e. The van der Waals surface area contributed by atoms with Crippen molar-refractivity contribution in [3.05, 3.63) is 27.5 Å². The minimum atomic E-state index is -1.41. The van der Waals surface area contributed by atoms with Crippen molar-refractivity contribution in [3.8, 4) is 0 Å². The van der Waals surface area contributed by atoms with Crippen molar-refractivity contribution in [1.82, 2.24) is 4.98 Å². The van der Waals surface area contributed by atoms with E-state index >= 15 is 0 Å². The predicted molar refractivity (Wildman–Crippen MR) is 52.9 cm³/mol. The van der Waals surface area contributed by atoms with Crippen LogP contribution >= 0.6 is 34.8 Å². The van der Waals surface area contributed by atoms with Crippen molar-refractivity contribution < 1.29 is 14.3 Å². The van der Waals surface area contributed by atoms with Gasteiger partial charge in [0, 0.05) is 6.20 Å². The van der Waals surface area contributed by atoms with Crippen LogP contribution in [0.15, 0.2) is 12.3 Å². The van der Waals surface area contributed by atoms with E-state index in [0.29, 0.717) is 10.0 Å². The van der Waals surface area contributed by atoms with Gasteiger partial charge in [-0.05, 0) is 6.07 Å². The van der Waals surface area contributed by atoms with Gasteiger partial charge in [0.15, 0.2) is 6.67 Å². The molecule has 1 rings (SSSR count). The molecule has 1 N–H and O–H groups in total. The number of aromatic nitrogens is 1. The van der Waals surface area contributed by atoms with Crippen LogP contribution in [0.1, 0.15) is 0 Å². The molecular weight excluding hydrogens is 255 g/mol. The largest absolute Gasteiger partial charge is 0.479 e. The summed E-state index contributed by atoms with van der Waals surface area (Å²) in [5.41, 5.74) is 0. The highest BCUT2D eigenvalue weighted by molar-refractivity contribution is 6.47. The second kappa shape index (κ2) is 6.81. The summed E-state index contributed by atoms with van der Waals surface area (Å²) in [6, 6.07) is 1.58. The highest BCUT2D eigenvalue weighted by Gasteiger charge is 2.00. The maximum absolute atomic E-state index is 10.5. The van der Waals surface area contributed by atoms with E-state index in [9.17, 15) is 4.39 Å². The molecule has 7 heteroatoms. The highest BCUT2D eigenvalue weighted by atomic mass is 35.5. The fraction of sp³-hybridized carbons (Fsp3) is 0.143. The average molecular weight is 260 g/mol. The number of carboxylic acids is 1. The molecule has 3 nitrogen and oxygen atoms in total. The Morgan fingerprint density at radius 2 is 2.00 bits per heavy atom. The smallest absolute Gasteiger partial charge is 0.335 e. The zero-order valence-corrected chi connectivity index (χ0v) is 8.94. The molecule has 0 aliphatic rings. The fourth-order valence-corrected chi connectivity index (χ4v) is 0.861. The average Bonchev–Trinajstić information content (AvgIpc) is 2.15. The summed E-state index contributed by atoms with van der Waals surface area (Å²) in [5.74, 6) is -1.41. The van der Waals surface area contributed by atoms with E-state index < -0.39 is 12.6 Å². The summed E-state index contributed by atoms with van der Waals surface area (Å²) in [6.45, 7) is -1.28. The zero-order valence-electron chi connectivity index (χ0n) is 6.68. The third-order valence-electron chi connectivity index (χ3n) is 0.914. The number of carbonyl (C=O) groups is 1. The number of halogens is 4. The topological polar surface area (TPSA) is 50.2 Å². The molecule has 0 saturated carbocycles. The number of hydrogen-bond acceptors (Lipinski definition) is 2. The lowest BCUT2D eigenvalue weighted by atomic mass is 10.5. The van der Waals surface area contributed by atoms with Gasteiger partial charge in [0.25, 0.3) is 0 Å². The van der Waals surface area contributed by atoms with Crippen LogP contribution in [-0.2, 0) is 4.79 Å². The molecular formula is C7H5Cl3FNO2. The van der Waals surface area contributed by atoms with Crippen LogP contribution in [0.25, 0.3) is 0 Å². The zero-order chi connectivity index (χ0) is 11.1. The van der Waals surface area contributed by atoms with Gasteiger partial charge in [-0.2, -0.15) is 0 Å². The molecule has 0 bridgehead atoms. The van der Waals surface area contributed by atoms with Crippen molar-refractivity contribution in [2.45, 2.75) is 0 Å². The molecule has 0 amide bonds. The highest BCUT2D eigenvalue weighted by Crippen LogP contribution is 2.26. The van der Waals surface area contributed by atoms with E-state index in [4.69, 9.17) is 44.7 Å². The molecule has 14 heavy (non-hydrogen) atoms. The number of nitrogens with zero attached hydrogens (tertiary/aromatic N) is 1. The number of rotatable bonds is 1. The molecule has 0 fully saturated rings. The lowest BCUT2D eigenvalue weighted by Crippen LogP contribution is -1.93. The molecule has 0 spiro atoms. The van der Waals surface area contributed by atoms with E-state index in [0.717, 1.165) is 0 Å². The summed E-state index contributed by atoms with van der Waals surface area (Å²) in [6.07, 6.45) is 1.50. The van der Waals surface area contributed by atoms with Crippen molar-refractivity contribution in [2.75, 3.05) is 6.67 Å². The van der Waals surface area contributed by atoms with Crippen LogP contribution in [0.4, 0.5) is 4.39 Å². The monoisotopic (exact) mass is 259 g/mol. The van der Waals surface area contributed by atoms with Gasteiger partial charge in [0.2, 0.25) is 0 Å². The molecule has 1 heterocycles. The summed E-state index contributed by atoms with van der Waals surface area (Å²) >= 11 is 16.6. The van der Waals surface area contributed by atoms with Crippen LogP contribution in [-0.4, -0.2) is 22.7 Å². The first-order valence-corrected chi connectivity index (χ1v) is 4.35. The van der Waals surface area contributed by atoms with Crippen LogP contribution < -0.4 is 0 Å². The Balaban J connectivity index is 0.000000292. The quantitative estimate of drug-likeness (QED) is 0.789. The first-order valence-electron chi connectivity index (χ1n) is 3.22. The predicted octanol–water partition coefficient (Wildman–Crippen LogP) is 3.08. The Morgan fingerprint density at radius 1 is 1.50 bits per heavy atom. The molecule has 0 unspecified atom stereocenters. The van der Waals surface area contributed by atoms with Gasteiger partial charge in [0.05, 0.1) is 10.0 Å². The van der Waals surface area contributed by atoms with E-state index in [1.54, 1.807) is 6.07 Å². The van der Waals surface area contributed by atoms with E-state index in [-0.39, 0.29) is 5.15 Å². The molecule has 0 aliphatic carbocycles. The van der Waals surface area contributed by atoms with Gasteiger partial charge in [-0.3, -0.25) is 0 Å². The van der Waals surface area contributed by atoms with Crippen molar-refractivity contribution in [3.63, 3.8) is 0 Å². The van der Waals surface area contributed by atoms with E-state index in [1.807, 2.05) is 0 Å². The second-order valence-electron chi connectivity index (χ2n) is 1.92. The second-order valence-corrected chi connectivity index (χ2v) is 3.07. The molecule has 0 aromatic carbocycles. The standard InChI is InChI=1S/C5H2Cl3N.C2H3FO2/c6-3-1-2-9-5(8)4(3)7;3-1-2(4)5/h1-2H;1H2,(H,4,5). The van der Waals surface area contributed by atoms with Gasteiger partial charge in [0.1, 0.15) is 5.15 Å². The molecule has 0 aliphatic heterocycles. The molecule has 1 aromatic heterocycles. The van der Waals surface area contributed by atoms with E-state index in [2.05, 4.69) is 4.98 Å². The Kier molecular flexibility index (Phi) is 6.53. The van der Waals surface area contributed by atoms with Crippen molar-refractivity contribution in [2.24, 2.45) is 0 Å². The Morgan fingerprint density at radius 3 is 2.29 bits per heavy atom. The van der Waals surface area contributed by atoms with Gasteiger partial charge in [-0.1, -0.05) is 34.8 Å². The van der Waals surface area contributed by atoms with Crippen molar-refractivity contribution in [1.29, 1.82) is 0 Å². The lowest BCUT2D eigenvalue weighted by Gasteiger charge is -1.93. The summed E-state index contributed by atoms with van der Waals surface area (Å²) in [4.78, 5) is 12.7. The van der Waals surface area contributed by atoms with Crippen LogP contribution in [0.5, 0.6) is 0 Å². The number of aliphatic carboxylic acids is 1. The SMILES string of the molecule is Clc1ccnc(Cl)c1Cl.O=C(O)CF. The third kappa shape index (κ3) is 5.21. The minimum absolute atomic E-state index is 0.240.